The van der Waals surface area contributed by atoms with Crippen molar-refractivity contribution in [2.24, 2.45) is 9.98 Å². The van der Waals surface area contributed by atoms with Crippen molar-refractivity contribution in [3.8, 4) is 0 Å². The fourth-order valence-electron chi connectivity index (χ4n) is 1.56. The van der Waals surface area contributed by atoms with E-state index in [4.69, 9.17) is 34.4 Å². The molecule has 0 amide bonds. The lowest BCUT2D eigenvalue weighted by atomic mass is 10.3. The van der Waals surface area contributed by atoms with E-state index in [9.17, 15) is 9.59 Å². The molecule has 0 aliphatic heterocycles. The molecule has 0 saturated heterocycles. The average molecular weight is 412 g/mol. The van der Waals surface area contributed by atoms with Crippen LogP contribution in [-0.4, -0.2) is 42.1 Å². The summed E-state index contributed by atoms with van der Waals surface area (Å²) in [5.41, 5.74) is 31.8. The van der Waals surface area contributed by atoms with Crippen LogP contribution < -0.4 is 34.4 Å². The van der Waals surface area contributed by atoms with Gasteiger partial charge in [-0.3, -0.25) is 0 Å². The van der Waals surface area contributed by atoms with E-state index < -0.39 is 0 Å². The molecule has 2 aromatic heterocycles. The van der Waals surface area contributed by atoms with E-state index in [0.29, 0.717) is 11.4 Å². The predicted octanol–water partition coefficient (Wildman–Crippen LogP) is -1.14. The van der Waals surface area contributed by atoms with Crippen molar-refractivity contribution in [1.82, 2.24) is 29.9 Å². The largest absolute Gasteiger partial charge is 0.368 e. The predicted molar refractivity (Wildman–Crippen MR) is 108 cm³/mol. The lowest BCUT2D eigenvalue weighted by Crippen LogP contribution is -2.05. The fraction of sp³-hybridized carbons (Fsp3) is 0. The second-order valence-corrected chi connectivity index (χ2v) is 4.74. The molecule has 0 bridgehead atoms. The van der Waals surface area contributed by atoms with Crippen molar-refractivity contribution < 1.29 is 9.59 Å². The van der Waals surface area contributed by atoms with Gasteiger partial charge in [0, 0.05) is 0 Å². The minimum absolute atomic E-state index is 0.0417. The van der Waals surface area contributed by atoms with Crippen LogP contribution in [0, 0.1) is 0 Å². The van der Waals surface area contributed by atoms with Crippen molar-refractivity contribution in [2.75, 3.05) is 34.4 Å². The SMILES string of the molecule is Nc1nc(N)nc(N)n1.Nc1nc(N)nc(N)n1.O=C=Nc1ccc(N=C=O)cc1. The monoisotopic (exact) mass is 412 g/mol. The first-order valence-corrected chi connectivity index (χ1v) is 7.54. The number of nitrogens with zero attached hydrogens (tertiary/aromatic N) is 8. The smallest absolute Gasteiger partial charge is 0.240 e. The van der Waals surface area contributed by atoms with Crippen LogP contribution in [-0.2, 0) is 9.59 Å². The molecule has 16 nitrogen and oxygen atoms in total. The lowest BCUT2D eigenvalue weighted by molar-refractivity contribution is 0.564. The average Bonchev–Trinajstić information content (AvgIpc) is 2.62. The highest BCUT2D eigenvalue weighted by Crippen LogP contribution is 2.17. The number of aromatic nitrogens is 6. The zero-order chi connectivity index (χ0) is 22.5. The number of rotatable bonds is 2. The number of anilines is 6. The zero-order valence-electron chi connectivity index (χ0n) is 15.2. The van der Waals surface area contributed by atoms with Crippen molar-refractivity contribution in [3.05, 3.63) is 24.3 Å². The molecule has 0 spiro atoms. The first-order chi connectivity index (χ1) is 14.2. The number of benzene rings is 1. The molecule has 0 aliphatic rings. The molecule has 0 saturated carbocycles. The summed E-state index contributed by atoms with van der Waals surface area (Å²) in [6.07, 6.45) is 2.80. The van der Waals surface area contributed by atoms with Crippen molar-refractivity contribution in [1.29, 1.82) is 0 Å². The highest BCUT2D eigenvalue weighted by Gasteiger charge is 1.94. The summed E-state index contributed by atoms with van der Waals surface area (Å²) in [7, 11) is 0. The van der Waals surface area contributed by atoms with Gasteiger partial charge in [0.1, 0.15) is 0 Å². The number of aliphatic imine (C=N–C) groups is 2. The van der Waals surface area contributed by atoms with Crippen LogP contribution in [0.25, 0.3) is 0 Å². The van der Waals surface area contributed by atoms with E-state index in [0.717, 1.165) is 0 Å². The molecular weight excluding hydrogens is 396 g/mol. The highest BCUT2D eigenvalue weighted by molar-refractivity contribution is 5.55. The van der Waals surface area contributed by atoms with Crippen LogP contribution in [0.15, 0.2) is 34.3 Å². The maximum absolute atomic E-state index is 9.81. The molecule has 1 aromatic carbocycles. The maximum Gasteiger partial charge on any atom is 0.240 e. The Balaban J connectivity index is 0.000000229. The number of hydrogen-bond acceptors (Lipinski definition) is 16. The van der Waals surface area contributed by atoms with E-state index >= 15 is 0 Å². The molecule has 16 heteroatoms. The zero-order valence-corrected chi connectivity index (χ0v) is 15.2. The van der Waals surface area contributed by atoms with Gasteiger partial charge in [-0.2, -0.15) is 39.9 Å². The first-order valence-electron chi connectivity index (χ1n) is 7.54. The Labute approximate surface area is 168 Å². The molecule has 3 rings (SSSR count). The number of nitrogen functional groups attached to an aromatic ring is 6. The molecular formula is C14H16N14O2. The first kappa shape index (κ1) is 22.8. The molecule has 30 heavy (non-hydrogen) atoms. The third-order valence-corrected chi connectivity index (χ3v) is 2.57. The van der Waals surface area contributed by atoms with Gasteiger partial charge < -0.3 is 34.4 Å². The van der Waals surface area contributed by atoms with Gasteiger partial charge in [0.2, 0.25) is 47.8 Å². The van der Waals surface area contributed by atoms with Gasteiger partial charge in [-0.1, -0.05) is 0 Å². The molecule has 3 aromatic rings. The standard InChI is InChI=1S/C8H4N2O2.2C3H6N6/c11-5-9-7-1-2-8(4-3-7)10-6-12;2*4-1-7-2(5)9-3(6)8-1/h1-4H;2*(H6,4,5,6,7,8,9). The normalized spacial score (nSPS) is 8.80. The van der Waals surface area contributed by atoms with Gasteiger partial charge in [0.15, 0.2) is 0 Å². The summed E-state index contributed by atoms with van der Waals surface area (Å²) in [5, 5.41) is 0. The van der Waals surface area contributed by atoms with Crippen LogP contribution in [0.3, 0.4) is 0 Å². The van der Waals surface area contributed by atoms with Gasteiger partial charge in [-0.15, -0.1) is 0 Å². The highest BCUT2D eigenvalue weighted by atomic mass is 16.1. The molecule has 2 heterocycles. The molecule has 0 aliphatic carbocycles. The topological polar surface area (TPSA) is 292 Å². The Bertz CT molecular complexity index is 887. The van der Waals surface area contributed by atoms with E-state index in [2.05, 4.69) is 39.9 Å². The van der Waals surface area contributed by atoms with Crippen LogP contribution in [0.5, 0.6) is 0 Å². The summed E-state index contributed by atoms with van der Waals surface area (Å²) >= 11 is 0. The van der Waals surface area contributed by atoms with E-state index in [1.807, 2.05) is 0 Å². The van der Waals surface area contributed by atoms with E-state index in [1.165, 1.54) is 12.2 Å². The Kier molecular flexibility index (Phi) is 8.76. The van der Waals surface area contributed by atoms with Gasteiger partial charge in [-0.05, 0) is 24.3 Å². The van der Waals surface area contributed by atoms with Crippen LogP contribution in [0.2, 0.25) is 0 Å². The number of nitrogens with two attached hydrogens (primary N) is 6. The number of hydrogen-bond donors (Lipinski definition) is 6. The molecule has 0 fully saturated rings. The quantitative estimate of drug-likeness (QED) is 0.214. The molecule has 154 valence electrons. The van der Waals surface area contributed by atoms with Crippen LogP contribution >= 0.6 is 0 Å². The maximum atomic E-state index is 9.81. The van der Waals surface area contributed by atoms with Gasteiger partial charge in [0.05, 0.1) is 11.4 Å². The summed E-state index contributed by atoms with van der Waals surface area (Å²) in [5.74, 6) is 0.250. The Morgan fingerprint density at radius 1 is 0.500 bits per heavy atom. The summed E-state index contributed by atoms with van der Waals surface area (Å²) in [6, 6.07) is 6.23. The lowest BCUT2D eigenvalue weighted by Gasteiger charge is -1.93. The number of carbonyl (C=O) groups excluding carboxylic acids is 2. The van der Waals surface area contributed by atoms with Crippen molar-refractivity contribution >= 4 is 59.2 Å². The van der Waals surface area contributed by atoms with Crippen molar-refractivity contribution in [2.45, 2.75) is 0 Å². The summed E-state index contributed by atoms with van der Waals surface area (Å²) in [6.45, 7) is 0. The fourth-order valence-corrected chi connectivity index (χ4v) is 1.56. The van der Waals surface area contributed by atoms with Gasteiger partial charge in [0.25, 0.3) is 0 Å². The van der Waals surface area contributed by atoms with Gasteiger partial charge >= 0.3 is 0 Å². The second-order valence-electron chi connectivity index (χ2n) is 4.74. The van der Waals surface area contributed by atoms with Crippen LogP contribution in [0.4, 0.5) is 47.1 Å². The third-order valence-electron chi connectivity index (χ3n) is 2.57. The Hall–Kier alpha value is -5.20. The van der Waals surface area contributed by atoms with Gasteiger partial charge in [-0.25, -0.2) is 9.59 Å². The van der Waals surface area contributed by atoms with E-state index in [1.54, 1.807) is 24.3 Å². The summed E-state index contributed by atoms with van der Waals surface area (Å²) in [4.78, 5) is 47.3. The minimum Gasteiger partial charge on any atom is -0.368 e. The third kappa shape index (κ3) is 8.95. The second kappa shape index (κ2) is 11.5. The molecule has 0 atom stereocenters. The molecule has 12 N–H and O–H groups in total. The number of isocyanates is 2. The van der Waals surface area contributed by atoms with Crippen LogP contribution in [0.1, 0.15) is 0 Å². The minimum atomic E-state index is 0.0417. The van der Waals surface area contributed by atoms with E-state index in [-0.39, 0.29) is 35.7 Å². The Morgan fingerprint density at radius 3 is 0.867 bits per heavy atom. The summed E-state index contributed by atoms with van der Waals surface area (Å²) < 4.78 is 0. The Morgan fingerprint density at radius 2 is 0.700 bits per heavy atom. The van der Waals surface area contributed by atoms with Crippen molar-refractivity contribution in [3.63, 3.8) is 0 Å². The molecule has 0 radical (unpaired) electrons. The molecule has 0 unspecified atom stereocenters.